The Balaban J connectivity index is 1.50. The fourth-order valence-corrected chi connectivity index (χ4v) is 4.43. The van der Waals surface area contributed by atoms with Crippen LogP contribution in [-0.2, 0) is 0 Å². The van der Waals surface area contributed by atoms with E-state index in [4.69, 9.17) is 0 Å². The lowest BCUT2D eigenvalue weighted by molar-refractivity contribution is 0.0908. The average molecular weight is 314 g/mol. The molecule has 2 saturated heterocycles. The van der Waals surface area contributed by atoms with E-state index in [1.54, 1.807) is 0 Å². The van der Waals surface area contributed by atoms with Crippen LogP contribution in [0.25, 0.3) is 0 Å². The van der Waals surface area contributed by atoms with Crippen molar-refractivity contribution in [2.24, 2.45) is 5.92 Å². The number of rotatable bonds is 3. The molecule has 4 N–H and O–H groups in total. The van der Waals surface area contributed by atoms with E-state index in [0.717, 1.165) is 38.0 Å². The van der Waals surface area contributed by atoms with Crippen molar-refractivity contribution >= 4 is 5.91 Å². The zero-order chi connectivity index (χ0) is 15.6. The molecule has 5 nitrogen and oxygen atoms in total. The minimum atomic E-state index is 0.0897. The summed E-state index contributed by atoms with van der Waals surface area (Å²) in [7, 11) is 0. The summed E-state index contributed by atoms with van der Waals surface area (Å²) in [6.45, 7) is 3.04. The highest BCUT2D eigenvalue weighted by Crippen LogP contribution is 2.28. The number of hydrogen-bond acceptors (Lipinski definition) is 4. The summed E-state index contributed by atoms with van der Waals surface area (Å²) < 4.78 is 0. The van der Waals surface area contributed by atoms with E-state index in [9.17, 15) is 4.79 Å². The maximum atomic E-state index is 12.9. The van der Waals surface area contributed by atoms with Gasteiger partial charge in [0.2, 0.25) is 0 Å². The highest BCUT2D eigenvalue weighted by atomic mass is 16.1. The number of fused-ring (bicyclic) bond motifs is 1. The Labute approximate surface area is 137 Å². The van der Waals surface area contributed by atoms with Gasteiger partial charge in [0.15, 0.2) is 0 Å². The summed E-state index contributed by atoms with van der Waals surface area (Å²) in [6.07, 6.45) is 4.63. The molecule has 4 atom stereocenters. The fraction of sp³-hybridized carbons (Fsp3) is 0.611. The molecule has 4 unspecified atom stereocenters. The van der Waals surface area contributed by atoms with Crippen LogP contribution in [0.3, 0.4) is 0 Å². The Bertz CT molecular complexity index is 570. The van der Waals surface area contributed by atoms with Crippen molar-refractivity contribution in [3.8, 4) is 0 Å². The lowest BCUT2D eigenvalue weighted by Gasteiger charge is -2.33. The highest BCUT2D eigenvalue weighted by molar-refractivity contribution is 5.96. The van der Waals surface area contributed by atoms with E-state index >= 15 is 0 Å². The first kappa shape index (κ1) is 15.1. The van der Waals surface area contributed by atoms with Crippen LogP contribution in [0, 0.1) is 5.92 Å². The number of hydrazine groups is 1. The standard InChI is InChI=1S/C18H26N4O/c23-18(21-16-7-3-4-13-11-20-22-17(13)16)15-6-2-1-5-14(15)12-8-9-19-10-12/h1-2,5-6,12-13,16-17,19-20,22H,3-4,7-11H2,(H,21,23). The van der Waals surface area contributed by atoms with Crippen LogP contribution in [0.2, 0.25) is 0 Å². The van der Waals surface area contributed by atoms with E-state index in [1.165, 1.54) is 18.4 Å². The van der Waals surface area contributed by atoms with Gasteiger partial charge in [0.25, 0.3) is 5.91 Å². The molecule has 1 aromatic rings. The van der Waals surface area contributed by atoms with E-state index in [1.807, 2.05) is 18.2 Å². The number of amides is 1. The van der Waals surface area contributed by atoms with Crippen molar-refractivity contribution in [3.63, 3.8) is 0 Å². The van der Waals surface area contributed by atoms with Crippen LogP contribution in [0.4, 0.5) is 0 Å². The molecule has 0 radical (unpaired) electrons. The van der Waals surface area contributed by atoms with E-state index in [0.29, 0.717) is 17.9 Å². The van der Waals surface area contributed by atoms with E-state index in [-0.39, 0.29) is 11.9 Å². The Morgan fingerprint density at radius 1 is 1.13 bits per heavy atom. The summed E-state index contributed by atoms with van der Waals surface area (Å²) in [5.74, 6) is 1.19. The summed E-state index contributed by atoms with van der Waals surface area (Å²) in [4.78, 5) is 12.9. The smallest absolute Gasteiger partial charge is 0.251 e. The molecule has 23 heavy (non-hydrogen) atoms. The predicted octanol–water partition coefficient (Wildman–Crippen LogP) is 1.14. The first-order valence-electron chi connectivity index (χ1n) is 8.92. The molecule has 4 rings (SSSR count). The van der Waals surface area contributed by atoms with Gasteiger partial charge in [-0.1, -0.05) is 24.6 Å². The van der Waals surface area contributed by atoms with Crippen LogP contribution in [0.5, 0.6) is 0 Å². The second-order valence-corrected chi connectivity index (χ2v) is 7.10. The first-order valence-corrected chi connectivity index (χ1v) is 8.92. The highest BCUT2D eigenvalue weighted by Gasteiger charge is 2.37. The molecule has 5 heteroatoms. The monoisotopic (exact) mass is 314 g/mol. The quantitative estimate of drug-likeness (QED) is 0.675. The SMILES string of the molecule is O=C(NC1CCCC2CNNC21)c1ccccc1C1CCNC1. The van der Waals surface area contributed by atoms with E-state index < -0.39 is 0 Å². The number of carbonyl (C=O) groups is 1. The molecule has 2 heterocycles. The summed E-state index contributed by atoms with van der Waals surface area (Å²) in [5.41, 5.74) is 8.66. The third-order valence-corrected chi connectivity index (χ3v) is 5.69. The van der Waals surface area contributed by atoms with Gasteiger partial charge in [-0.3, -0.25) is 15.6 Å². The van der Waals surface area contributed by atoms with Crippen LogP contribution < -0.4 is 21.5 Å². The minimum absolute atomic E-state index is 0.0897. The molecular formula is C18H26N4O. The van der Waals surface area contributed by atoms with Gasteiger partial charge >= 0.3 is 0 Å². The van der Waals surface area contributed by atoms with Crippen molar-refractivity contribution in [3.05, 3.63) is 35.4 Å². The third-order valence-electron chi connectivity index (χ3n) is 5.69. The molecular weight excluding hydrogens is 288 g/mol. The van der Waals surface area contributed by atoms with Gasteiger partial charge in [0, 0.05) is 30.7 Å². The zero-order valence-corrected chi connectivity index (χ0v) is 13.5. The van der Waals surface area contributed by atoms with Gasteiger partial charge in [-0.2, -0.15) is 0 Å². The van der Waals surface area contributed by atoms with Gasteiger partial charge in [-0.15, -0.1) is 0 Å². The Kier molecular flexibility index (Phi) is 4.33. The maximum Gasteiger partial charge on any atom is 0.251 e. The normalized spacial score (nSPS) is 33.4. The Morgan fingerprint density at radius 2 is 2.04 bits per heavy atom. The number of benzene rings is 1. The van der Waals surface area contributed by atoms with Gasteiger partial charge in [0.1, 0.15) is 0 Å². The number of hydrogen-bond donors (Lipinski definition) is 4. The molecule has 0 spiro atoms. The molecule has 2 aliphatic heterocycles. The molecule has 1 saturated carbocycles. The lowest BCUT2D eigenvalue weighted by atomic mass is 9.82. The fourth-order valence-electron chi connectivity index (χ4n) is 4.43. The van der Waals surface area contributed by atoms with E-state index in [2.05, 4.69) is 27.6 Å². The average Bonchev–Trinajstić information content (AvgIpc) is 3.27. The molecule has 0 bridgehead atoms. The Morgan fingerprint density at radius 3 is 2.91 bits per heavy atom. The zero-order valence-electron chi connectivity index (χ0n) is 13.5. The molecule has 124 valence electrons. The first-order chi connectivity index (χ1) is 11.3. The largest absolute Gasteiger partial charge is 0.348 e. The van der Waals surface area contributed by atoms with Gasteiger partial charge < -0.3 is 10.6 Å². The topological polar surface area (TPSA) is 65.2 Å². The lowest BCUT2D eigenvalue weighted by Crippen LogP contribution is -2.53. The molecule has 3 aliphatic rings. The summed E-state index contributed by atoms with van der Waals surface area (Å²) in [6, 6.07) is 8.71. The summed E-state index contributed by atoms with van der Waals surface area (Å²) in [5, 5.41) is 6.71. The molecule has 1 aromatic carbocycles. The van der Waals surface area contributed by atoms with Crippen molar-refractivity contribution in [2.45, 2.75) is 43.7 Å². The molecule has 1 aliphatic carbocycles. The van der Waals surface area contributed by atoms with Gasteiger partial charge in [-0.05, 0) is 49.3 Å². The third kappa shape index (κ3) is 3.01. The second kappa shape index (κ2) is 6.59. The minimum Gasteiger partial charge on any atom is -0.348 e. The predicted molar refractivity (Wildman–Crippen MR) is 90.2 cm³/mol. The van der Waals surface area contributed by atoms with Crippen molar-refractivity contribution in [1.82, 2.24) is 21.5 Å². The number of nitrogens with one attached hydrogen (secondary N) is 4. The van der Waals surface area contributed by atoms with Crippen molar-refractivity contribution in [1.29, 1.82) is 0 Å². The van der Waals surface area contributed by atoms with Crippen LogP contribution in [-0.4, -0.2) is 37.6 Å². The van der Waals surface area contributed by atoms with Crippen LogP contribution >= 0.6 is 0 Å². The number of carbonyl (C=O) groups excluding carboxylic acids is 1. The molecule has 1 amide bonds. The molecule has 3 fully saturated rings. The maximum absolute atomic E-state index is 12.9. The van der Waals surface area contributed by atoms with Crippen molar-refractivity contribution in [2.75, 3.05) is 19.6 Å². The van der Waals surface area contributed by atoms with Gasteiger partial charge in [0.05, 0.1) is 0 Å². The summed E-state index contributed by atoms with van der Waals surface area (Å²) >= 11 is 0. The molecule has 0 aromatic heterocycles. The van der Waals surface area contributed by atoms with Crippen LogP contribution in [0.1, 0.15) is 47.5 Å². The second-order valence-electron chi connectivity index (χ2n) is 7.10. The van der Waals surface area contributed by atoms with Crippen molar-refractivity contribution < 1.29 is 4.79 Å². The Hall–Kier alpha value is -1.43. The van der Waals surface area contributed by atoms with Gasteiger partial charge in [-0.25, -0.2) is 0 Å². The van der Waals surface area contributed by atoms with Crippen LogP contribution in [0.15, 0.2) is 24.3 Å².